The molecule has 0 aromatic carbocycles. The first-order valence-electron chi connectivity index (χ1n) is 9.14. The zero-order chi connectivity index (χ0) is 16.7. The topological polar surface area (TPSA) is 40.1 Å². The number of hydrogen-bond acceptors (Lipinski definition) is 4. The van der Waals surface area contributed by atoms with Crippen molar-refractivity contribution >= 4 is 17.7 Å². The summed E-state index contributed by atoms with van der Waals surface area (Å²) < 4.78 is 5.55. The minimum absolute atomic E-state index is 0.462. The van der Waals surface area contributed by atoms with Gasteiger partial charge in [-0.2, -0.15) is 11.8 Å². The minimum Gasteiger partial charge on any atom is -0.379 e. The maximum absolute atomic E-state index is 5.55. The van der Waals surface area contributed by atoms with Crippen molar-refractivity contribution in [3.05, 3.63) is 0 Å². The highest BCUT2D eigenvalue weighted by atomic mass is 32.2. The highest BCUT2D eigenvalue weighted by molar-refractivity contribution is 8.00. The summed E-state index contributed by atoms with van der Waals surface area (Å²) in [5.41, 5.74) is 0. The van der Waals surface area contributed by atoms with E-state index in [1.54, 1.807) is 0 Å². The van der Waals surface area contributed by atoms with Crippen molar-refractivity contribution in [2.24, 2.45) is 4.99 Å². The number of morpholine rings is 1. The monoisotopic (exact) mass is 342 g/mol. The molecule has 0 amide bonds. The van der Waals surface area contributed by atoms with Gasteiger partial charge in [0.2, 0.25) is 0 Å². The van der Waals surface area contributed by atoms with E-state index in [0.717, 1.165) is 57.1 Å². The van der Waals surface area contributed by atoms with Crippen LogP contribution in [0.4, 0.5) is 0 Å². The van der Waals surface area contributed by atoms with E-state index in [1.807, 2.05) is 0 Å². The van der Waals surface area contributed by atoms with Gasteiger partial charge in [-0.1, -0.05) is 6.92 Å². The highest BCUT2D eigenvalue weighted by Crippen LogP contribution is 2.21. The lowest BCUT2D eigenvalue weighted by atomic mass is 10.2. The fourth-order valence-corrected chi connectivity index (χ4v) is 4.48. The lowest BCUT2D eigenvalue weighted by Crippen LogP contribution is -2.51. The number of aliphatic imine (C=N–C) groups is 1. The number of ether oxygens (including phenoxy) is 1. The molecule has 23 heavy (non-hydrogen) atoms. The number of nitrogens with zero attached hydrogens (tertiary/aromatic N) is 3. The molecule has 2 rings (SSSR count). The van der Waals surface area contributed by atoms with E-state index in [1.165, 1.54) is 12.2 Å². The maximum atomic E-state index is 5.55. The van der Waals surface area contributed by atoms with E-state index in [4.69, 9.17) is 9.73 Å². The third-order valence-electron chi connectivity index (χ3n) is 4.72. The molecule has 0 radical (unpaired) electrons. The summed E-state index contributed by atoms with van der Waals surface area (Å²) >= 11 is 2.10. The van der Waals surface area contributed by atoms with Gasteiger partial charge in [0.05, 0.1) is 19.8 Å². The first-order valence-corrected chi connectivity index (χ1v) is 10.2. The average Bonchev–Trinajstić information content (AvgIpc) is 2.58. The van der Waals surface area contributed by atoms with E-state index in [2.05, 4.69) is 54.6 Å². The van der Waals surface area contributed by atoms with Crippen LogP contribution in [0.15, 0.2) is 4.99 Å². The normalized spacial score (nSPS) is 28.7. The smallest absolute Gasteiger partial charge is 0.194 e. The van der Waals surface area contributed by atoms with Gasteiger partial charge in [0, 0.05) is 49.3 Å². The Hall–Kier alpha value is -0.460. The minimum atomic E-state index is 0.462. The summed E-state index contributed by atoms with van der Waals surface area (Å²) in [4.78, 5) is 9.93. The Morgan fingerprint density at radius 2 is 2.22 bits per heavy atom. The Morgan fingerprint density at radius 1 is 1.39 bits per heavy atom. The van der Waals surface area contributed by atoms with Gasteiger partial charge in [-0.3, -0.25) is 9.89 Å². The zero-order valence-electron chi connectivity index (χ0n) is 15.3. The number of nitrogens with one attached hydrogen (secondary N) is 1. The second-order valence-corrected chi connectivity index (χ2v) is 7.96. The van der Waals surface area contributed by atoms with Crippen LogP contribution in [0.5, 0.6) is 0 Å². The molecule has 0 aliphatic carbocycles. The fourth-order valence-electron chi connectivity index (χ4n) is 3.30. The van der Waals surface area contributed by atoms with Crippen LogP contribution in [0, 0.1) is 0 Å². The number of thioether (sulfide) groups is 1. The molecular weight excluding hydrogens is 308 g/mol. The van der Waals surface area contributed by atoms with Gasteiger partial charge in [0.25, 0.3) is 0 Å². The second-order valence-electron chi connectivity index (χ2n) is 6.55. The SMILES string of the molecule is CCNC(=NCC(C)N1CCOCC1C)N1CCSC(CC)C1. The Labute approximate surface area is 146 Å². The van der Waals surface area contributed by atoms with Crippen molar-refractivity contribution in [1.82, 2.24) is 15.1 Å². The highest BCUT2D eigenvalue weighted by Gasteiger charge is 2.25. The Balaban J connectivity index is 1.94. The van der Waals surface area contributed by atoms with Crippen LogP contribution in [0.25, 0.3) is 0 Å². The van der Waals surface area contributed by atoms with E-state index in [0.29, 0.717) is 12.1 Å². The summed E-state index contributed by atoms with van der Waals surface area (Å²) in [5, 5.41) is 4.23. The van der Waals surface area contributed by atoms with Crippen molar-refractivity contribution in [3.8, 4) is 0 Å². The van der Waals surface area contributed by atoms with Gasteiger partial charge in [-0.05, 0) is 27.2 Å². The lowest BCUT2D eigenvalue weighted by molar-refractivity contribution is -0.0166. The van der Waals surface area contributed by atoms with Crippen LogP contribution in [0.2, 0.25) is 0 Å². The van der Waals surface area contributed by atoms with Crippen LogP contribution in [-0.2, 0) is 4.74 Å². The number of hydrogen-bond donors (Lipinski definition) is 1. The van der Waals surface area contributed by atoms with Gasteiger partial charge in [0.1, 0.15) is 0 Å². The first-order chi connectivity index (χ1) is 11.2. The fraction of sp³-hybridized carbons (Fsp3) is 0.941. The first kappa shape index (κ1) is 18.9. The van der Waals surface area contributed by atoms with Crippen molar-refractivity contribution in [3.63, 3.8) is 0 Å². The summed E-state index contributed by atoms with van der Waals surface area (Å²) in [6.45, 7) is 15.7. The van der Waals surface area contributed by atoms with Crippen molar-refractivity contribution in [2.75, 3.05) is 51.7 Å². The predicted octanol–water partition coefficient (Wildman–Crippen LogP) is 1.89. The van der Waals surface area contributed by atoms with Crippen LogP contribution in [-0.4, -0.2) is 84.8 Å². The lowest BCUT2D eigenvalue weighted by Gasteiger charge is -2.38. The standard InChI is InChI=1S/C17H34N4OS/c1-5-16-12-20(8-10-23-16)17(18-6-2)19-11-14(3)21-7-9-22-13-15(21)4/h14-16H,5-13H2,1-4H3,(H,18,19). The van der Waals surface area contributed by atoms with E-state index in [9.17, 15) is 0 Å². The van der Waals surface area contributed by atoms with Gasteiger partial charge in [-0.15, -0.1) is 0 Å². The Morgan fingerprint density at radius 3 is 2.91 bits per heavy atom. The number of rotatable bonds is 5. The summed E-state index contributed by atoms with van der Waals surface area (Å²) in [5.74, 6) is 2.30. The quantitative estimate of drug-likeness (QED) is 0.610. The van der Waals surface area contributed by atoms with E-state index < -0.39 is 0 Å². The second kappa shape index (κ2) is 9.74. The molecule has 6 heteroatoms. The maximum Gasteiger partial charge on any atom is 0.194 e. The Kier molecular flexibility index (Phi) is 7.99. The van der Waals surface area contributed by atoms with Gasteiger partial charge >= 0.3 is 0 Å². The molecule has 134 valence electrons. The molecule has 2 heterocycles. The molecule has 1 N–H and O–H groups in total. The van der Waals surface area contributed by atoms with Crippen molar-refractivity contribution in [1.29, 1.82) is 0 Å². The van der Waals surface area contributed by atoms with Gasteiger partial charge in [-0.25, -0.2) is 0 Å². The molecule has 2 fully saturated rings. The van der Waals surface area contributed by atoms with Gasteiger partial charge in [0.15, 0.2) is 5.96 Å². The van der Waals surface area contributed by atoms with Crippen LogP contribution in [0.1, 0.15) is 34.1 Å². The van der Waals surface area contributed by atoms with E-state index in [-0.39, 0.29) is 0 Å². The largest absolute Gasteiger partial charge is 0.379 e. The zero-order valence-corrected chi connectivity index (χ0v) is 16.1. The molecule has 5 nitrogen and oxygen atoms in total. The summed E-state index contributed by atoms with van der Waals surface area (Å²) in [6, 6.07) is 0.955. The van der Waals surface area contributed by atoms with Crippen LogP contribution in [0.3, 0.4) is 0 Å². The third-order valence-corrected chi connectivity index (χ3v) is 6.09. The molecule has 0 aromatic rings. The molecule has 2 saturated heterocycles. The molecular formula is C17H34N4OS. The third kappa shape index (κ3) is 5.54. The molecule has 2 aliphatic heterocycles. The molecule has 3 unspecified atom stereocenters. The molecule has 0 spiro atoms. The molecule has 2 aliphatic rings. The van der Waals surface area contributed by atoms with E-state index >= 15 is 0 Å². The van der Waals surface area contributed by atoms with Crippen LogP contribution >= 0.6 is 11.8 Å². The molecule has 3 atom stereocenters. The number of guanidine groups is 1. The molecule has 0 saturated carbocycles. The molecule has 0 aromatic heterocycles. The van der Waals surface area contributed by atoms with Crippen molar-refractivity contribution in [2.45, 2.75) is 51.4 Å². The molecule has 0 bridgehead atoms. The summed E-state index contributed by atoms with van der Waals surface area (Å²) in [6.07, 6.45) is 1.24. The van der Waals surface area contributed by atoms with Crippen molar-refractivity contribution < 1.29 is 4.74 Å². The predicted molar refractivity (Wildman–Crippen MR) is 101 cm³/mol. The van der Waals surface area contributed by atoms with Crippen LogP contribution < -0.4 is 5.32 Å². The van der Waals surface area contributed by atoms with Gasteiger partial charge < -0.3 is 15.0 Å². The summed E-state index contributed by atoms with van der Waals surface area (Å²) in [7, 11) is 0. The Bertz CT molecular complexity index is 380. The average molecular weight is 343 g/mol.